The molecule has 80 valence electrons. The molecule has 0 aromatic rings. The van der Waals surface area contributed by atoms with Crippen LogP contribution in [0.4, 0.5) is 0 Å². The lowest BCUT2D eigenvalue weighted by Gasteiger charge is -2.09. The van der Waals surface area contributed by atoms with Crippen molar-refractivity contribution in [3.8, 4) is 0 Å². The van der Waals surface area contributed by atoms with E-state index in [-0.39, 0.29) is 5.25 Å². The zero-order chi connectivity index (χ0) is 10.1. The highest BCUT2D eigenvalue weighted by atomic mass is 32.2. The van der Waals surface area contributed by atoms with Gasteiger partial charge in [-0.15, -0.1) is 0 Å². The maximum atomic E-state index is 11.5. The molecule has 0 saturated heterocycles. The summed E-state index contributed by atoms with van der Waals surface area (Å²) < 4.78 is 16.4. The first-order valence-electron chi connectivity index (χ1n) is 4.78. The molecule has 2 atom stereocenters. The van der Waals surface area contributed by atoms with Crippen LogP contribution in [0.25, 0.3) is 0 Å². The molecule has 2 N–H and O–H groups in total. The first kappa shape index (κ1) is 13.1. The second-order valence-corrected chi connectivity index (χ2v) is 5.15. The number of hydrogen-bond donors (Lipinski definition) is 1. The van der Waals surface area contributed by atoms with E-state index in [1.54, 1.807) is 7.11 Å². The summed E-state index contributed by atoms with van der Waals surface area (Å²) in [5.41, 5.74) is 5.39. The highest BCUT2D eigenvalue weighted by molar-refractivity contribution is 7.85. The molecule has 0 aromatic heterocycles. The minimum absolute atomic E-state index is 0.243. The standard InChI is InChI=1S/C9H21NO2S/c1-9(5-6-10)13(11)8-4-3-7-12-2/h9H,3-8,10H2,1-2H3. The van der Waals surface area contributed by atoms with Gasteiger partial charge in [0.15, 0.2) is 0 Å². The Kier molecular flexibility index (Phi) is 8.71. The van der Waals surface area contributed by atoms with E-state index in [2.05, 4.69) is 0 Å². The third-order valence-electron chi connectivity index (χ3n) is 1.97. The summed E-state index contributed by atoms with van der Waals surface area (Å²) in [7, 11) is 0.985. The van der Waals surface area contributed by atoms with Crippen LogP contribution in [0, 0.1) is 0 Å². The van der Waals surface area contributed by atoms with Crippen LogP contribution in [-0.4, -0.2) is 35.5 Å². The lowest BCUT2D eigenvalue weighted by molar-refractivity contribution is 0.194. The molecule has 0 fully saturated rings. The third-order valence-corrected chi connectivity index (χ3v) is 3.79. The molecule has 0 spiro atoms. The number of hydrogen-bond acceptors (Lipinski definition) is 3. The minimum Gasteiger partial charge on any atom is -0.385 e. The lowest BCUT2D eigenvalue weighted by Crippen LogP contribution is -2.18. The van der Waals surface area contributed by atoms with E-state index < -0.39 is 10.8 Å². The molecule has 0 aliphatic rings. The van der Waals surface area contributed by atoms with E-state index in [1.165, 1.54) is 0 Å². The highest BCUT2D eigenvalue weighted by Gasteiger charge is 2.08. The maximum absolute atomic E-state index is 11.5. The zero-order valence-corrected chi connectivity index (χ0v) is 9.44. The van der Waals surface area contributed by atoms with Gasteiger partial charge >= 0.3 is 0 Å². The number of methoxy groups -OCH3 is 1. The van der Waals surface area contributed by atoms with Crippen LogP contribution < -0.4 is 5.73 Å². The second-order valence-electron chi connectivity index (χ2n) is 3.17. The maximum Gasteiger partial charge on any atom is 0.0462 e. The molecule has 4 heteroatoms. The first-order valence-corrected chi connectivity index (χ1v) is 6.16. The summed E-state index contributed by atoms with van der Waals surface area (Å²) in [6.07, 6.45) is 2.84. The van der Waals surface area contributed by atoms with Gasteiger partial charge in [-0.3, -0.25) is 4.21 Å². The number of rotatable bonds is 8. The zero-order valence-electron chi connectivity index (χ0n) is 8.62. The average molecular weight is 207 g/mol. The van der Waals surface area contributed by atoms with Gasteiger partial charge < -0.3 is 10.5 Å². The van der Waals surface area contributed by atoms with Gasteiger partial charge in [0.25, 0.3) is 0 Å². The summed E-state index contributed by atoms with van der Waals surface area (Å²) in [5, 5.41) is 0.243. The summed E-state index contributed by atoms with van der Waals surface area (Å²) in [4.78, 5) is 0. The van der Waals surface area contributed by atoms with Gasteiger partial charge in [-0.25, -0.2) is 0 Å². The number of unbranched alkanes of at least 4 members (excludes halogenated alkanes) is 1. The van der Waals surface area contributed by atoms with E-state index in [0.29, 0.717) is 6.54 Å². The molecule has 13 heavy (non-hydrogen) atoms. The van der Waals surface area contributed by atoms with Gasteiger partial charge in [0, 0.05) is 35.5 Å². The Labute approximate surface area is 83.5 Å². The van der Waals surface area contributed by atoms with Crippen LogP contribution >= 0.6 is 0 Å². The molecule has 3 nitrogen and oxygen atoms in total. The molecule has 0 radical (unpaired) electrons. The van der Waals surface area contributed by atoms with Crippen LogP contribution in [-0.2, 0) is 15.5 Å². The smallest absolute Gasteiger partial charge is 0.0462 e. The number of nitrogens with two attached hydrogens (primary N) is 1. The van der Waals surface area contributed by atoms with Crippen molar-refractivity contribution >= 4 is 10.8 Å². The molecule has 0 bridgehead atoms. The van der Waals surface area contributed by atoms with Crippen molar-refractivity contribution in [2.24, 2.45) is 5.73 Å². The molecular formula is C9H21NO2S. The van der Waals surface area contributed by atoms with E-state index in [0.717, 1.165) is 31.6 Å². The van der Waals surface area contributed by atoms with Crippen molar-refractivity contribution < 1.29 is 8.95 Å². The summed E-state index contributed by atoms with van der Waals surface area (Å²) in [5.74, 6) is 0.782. The first-order chi connectivity index (χ1) is 6.22. The number of ether oxygens (including phenoxy) is 1. The van der Waals surface area contributed by atoms with Crippen molar-refractivity contribution in [3.05, 3.63) is 0 Å². The summed E-state index contributed by atoms with van der Waals surface area (Å²) in [6, 6.07) is 0. The van der Waals surface area contributed by atoms with Gasteiger partial charge in [0.05, 0.1) is 0 Å². The monoisotopic (exact) mass is 207 g/mol. The molecule has 0 aromatic carbocycles. The molecule has 0 amide bonds. The van der Waals surface area contributed by atoms with Gasteiger partial charge in [-0.05, 0) is 25.8 Å². The fourth-order valence-corrected chi connectivity index (χ4v) is 2.35. The predicted octanol–water partition coefficient (Wildman–Crippen LogP) is 0.899. The molecule has 0 rings (SSSR count). The fraction of sp³-hybridized carbons (Fsp3) is 1.00. The van der Waals surface area contributed by atoms with E-state index in [1.807, 2.05) is 6.92 Å². The summed E-state index contributed by atoms with van der Waals surface area (Å²) in [6.45, 7) is 3.40. The minimum atomic E-state index is -0.704. The van der Waals surface area contributed by atoms with E-state index in [4.69, 9.17) is 10.5 Å². The van der Waals surface area contributed by atoms with Crippen LogP contribution in [0.3, 0.4) is 0 Å². The molecular weight excluding hydrogens is 186 g/mol. The Morgan fingerprint density at radius 1 is 1.46 bits per heavy atom. The third kappa shape index (κ3) is 7.16. The van der Waals surface area contributed by atoms with Crippen molar-refractivity contribution in [2.75, 3.05) is 26.0 Å². The van der Waals surface area contributed by atoms with Gasteiger partial charge in [-0.1, -0.05) is 6.92 Å². The van der Waals surface area contributed by atoms with Crippen LogP contribution in [0.15, 0.2) is 0 Å². The van der Waals surface area contributed by atoms with Crippen molar-refractivity contribution in [3.63, 3.8) is 0 Å². The van der Waals surface area contributed by atoms with E-state index >= 15 is 0 Å². The van der Waals surface area contributed by atoms with Crippen molar-refractivity contribution in [2.45, 2.75) is 31.4 Å². The van der Waals surface area contributed by atoms with Crippen LogP contribution in [0.1, 0.15) is 26.2 Å². The molecule has 0 aliphatic carbocycles. The molecule has 0 aliphatic heterocycles. The largest absolute Gasteiger partial charge is 0.385 e. The second kappa shape index (κ2) is 8.66. The quantitative estimate of drug-likeness (QED) is 0.602. The molecule has 0 saturated carbocycles. The Bertz CT molecular complexity index is 142. The lowest BCUT2D eigenvalue weighted by atomic mass is 10.3. The molecule has 0 heterocycles. The Hall–Kier alpha value is 0.0700. The summed E-state index contributed by atoms with van der Waals surface area (Å²) >= 11 is 0. The average Bonchev–Trinajstić information content (AvgIpc) is 2.12. The Morgan fingerprint density at radius 2 is 2.15 bits per heavy atom. The SMILES string of the molecule is COCCCCS(=O)C(C)CCN. The topological polar surface area (TPSA) is 52.3 Å². The Morgan fingerprint density at radius 3 is 2.69 bits per heavy atom. The van der Waals surface area contributed by atoms with E-state index in [9.17, 15) is 4.21 Å². The highest BCUT2D eigenvalue weighted by Crippen LogP contribution is 2.03. The van der Waals surface area contributed by atoms with Crippen LogP contribution in [0.5, 0.6) is 0 Å². The fourth-order valence-electron chi connectivity index (χ4n) is 1.06. The van der Waals surface area contributed by atoms with Crippen molar-refractivity contribution in [1.82, 2.24) is 0 Å². The van der Waals surface area contributed by atoms with Crippen LogP contribution in [0.2, 0.25) is 0 Å². The molecule has 2 unspecified atom stereocenters. The van der Waals surface area contributed by atoms with Gasteiger partial charge in [-0.2, -0.15) is 0 Å². The van der Waals surface area contributed by atoms with Gasteiger partial charge in [0.2, 0.25) is 0 Å². The predicted molar refractivity (Wildman–Crippen MR) is 57.3 cm³/mol. The Balaban J connectivity index is 3.38. The van der Waals surface area contributed by atoms with Gasteiger partial charge in [0.1, 0.15) is 0 Å². The normalized spacial score (nSPS) is 15.6. The van der Waals surface area contributed by atoms with Crippen molar-refractivity contribution in [1.29, 1.82) is 0 Å².